The van der Waals surface area contributed by atoms with Crippen LogP contribution in [0.25, 0.3) is 11.3 Å². The van der Waals surface area contributed by atoms with Crippen molar-refractivity contribution in [1.29, 1.82) is 0 Å². The number of nitrogens with two attached hydrogens (primary N) is 1. The fourth-order valence-electron chi connectivity index (χ4n) is 2.11. The van der Waals surface area contributed by atoms with E-state index < -0.39 is 0 Å². The maximum absolute atomic E-state index is 13.3. The molecule has 0 unspecified atom stereocenters. The van der Waals surface area contributed by atoms with Crippen LogP contribution in [0.4, 0.5) is 10.2 Å². The Hall–Kier alpha value is -2.33. The third kappa shape index (κ3) is 3.06. The van der Waals surface area contributed by atoms with E-state index in [9.17, 15) is 4.39 Å². The Morgan fingerprint density at radius 1 is 1.10 bits per heavy atom. The standard InChI is InChI=1S/C16H13ClFN3/c17-13-6-4-11(5-7-13)10-21-16(19)9-15(20-21)12-2-1-3-14(18)8-12/h1-9H,10,19H2. The van der Waals surface area contributed by atoms with Gasteiger partial charge in [0.25, 0.3) is 0 Å². The Bertz CT molecular complexity index is 765. The second-order valence-electron chi connectivity index (χ2n) is 4.75. The molecular formula is C16H13ClFN3. The number of nitrogen functional groups attached to an aromatic ring is 1. The van der Waals surface area contributed by atoms with Crippen LogP contribution >= 0.6 is 11.6 Å². The third-order valence-corrected chi connectivity index (χ3v) is 3.43. The number of halogens is 2. The van der Waals surface area contributed by atoms with E-state index in [1.54, 1.807) is 22.9 Å². The summed E-state index contributed by atoms with van der Waals surface area (Å²) in [4.78, 5) is 0. The first-order chi connectivity index (χ1) is 10.1. The molecule has 106 valence electrons. The van der Waals surface area contributed by atoms with Gasteiger partial charge < -0.3 is 5.73 Å². The van der Waals surface area contributed by atoms with Crippen molar-refractivity contribution >= 4 is 17.4 Å². The molecule has 0 atom stereocenters. The van der Waals surface area contributed by atoms with Crippen LogP contribution in [-0.4, -0.2) is 9.78 Å². The summed E-state index contributed by atoms with van der Waals surface area (Å²) in [7, 11) is 0. The largest absolute Gasteiger partial charge is 0.384 e. The zero-order valence-electron chi connectivity index (χ0n) is 11.1. The van der Waals surface area contributed by atoms with Gasteiger partial charge in [0.05, 0.1) is 12.2 Å². The topological polar surface area (TPSA) is 43.8 Å². The second-order valence-corrected chi connectivity index (χ2v) is 5.19. The molecule has 0 aliphatic carbocycles. The van der Waals surface area contributed by atoms with E-state index in [1.807, 2.05) is 24.3 Å². The van der Waals surface area contributed by atoms with Gasteiger partial charge in [-0.3, -0.25) is 0 Å². The fourth-order valence-corrected chi connectivity index (χ4v) is 2.24. The number of hydrogen-bond acceptors (Lipinski definition) is 2. The van der Waals surface area contributed by atoms with Crippen LogP contribution in [0.5, 0.6) is 0 Å². The average Bonchev–Trinajstić information content (AvgIpc) is 2.83. The van der Waals surface area contributed by atoms with Crippen LogP contribution in [0.1, 0.15) is 5.56 Å². The van der Waals surface area contributed by atoms with Gasteiger partial charge in [0.2, 0.25) is 0 Å². The van der Waals surface area contributed by atoms with E-state index in [0.717, 1.165) is 5.56 Å². The highest BCUT2D eigenvalue weighted by Gasteiger charge is 2.08. The zero-order valence-corrected chi connectivity index (χ0v) is 11.9. The zero-order chi connectivity index (χ0) is 14.8. The molecule has 0 saturated heterocycles. The predicted molar refractivity (Wildman–Crippen MR) is 82.6 cm³/mol. The van der Waals surface area contributed by atoms with Crippen molar-refractivity contribution in [3.05, 3.63) is 71.0 Å². The van der Waals surface area contributed by atoms with E-state index in [4.69, 9.17) is 17.3 Å². The minimum absolute atomic E-state index is 0.293. The molecule has 0 bridgehead atoms. The summed E-state index contributed by atoms with van der Waals surface area (Å²) in [5.41, 5.74) is 8.38. The van der Waals surface area contributed by atoms with Crippen molar-refractivity contribution in [3.8, 4) is 11.3 Å². The van der Waals surface area contributed by atoms with E-state index in [0.29, 0.717) is 28.6 Å². The fraction of sp³-hybridized carbons (Fsp3) is 0.0625. The van der Waals surface area contributed by atoms with Gasteiger partial charge in [0.15, 0.2) is 0 Å². The highest BCUT2D eigenvalue weighted by Crippen LogP contribution is 2.22. The van der Waals surface area contributed by atoms with Gasteiger partial charge in [0.1, 0.15) is 11.6 Å². The number of rotatable bonds is 3. The van der Waals surface area contributed by atoms with Crippen LogP contribution in [0.3, 0.4) is 0 Å². The lowest BCUT2D eigenvalue weighted by Crippen LogP contribution is -2.05. The Kier molecular flexibility index (Phi) is 3.62. The molecule has 3 nitrogen and oxygen atoms in total. The summed E-state index contributed by atoms with van der Waals surface area (Å²) >= 11 is 5.86. The normalized spacial score (nSPS) is 10.8. The quantitative estimate of drug-likeness (QED) is 0.795. The van der Waals surface area contributed by atoms with Gasteiger partial charge in [-0.2, -0.15) is 5.10 Å². The number of benzene rings is 2. The van der Waals surface area contributed by atoms with Crippen LogP contribution in [0, 0.1) is 5.82 Å². The van der Waals surface area contributed by atoms with Crippen molar-refractivity contribution in [2.45, 2.75) is 6.54 Å². The van der Waals surface area contributed by atoms with Gasteiger partial charge in [0, 0.05) is 16.7 Å². The van der Waals surface area contributed by atoms with Crippen LogP contribution in [-0.2, 0) is 6.54 Å². The Morgan fingerprint density at radius 3 is 2.57 bits per heavy atom. The van der Waals surface area contributed by atoms with E-state index in [2.05, 4.69) is 5.10 Å². The van der Waals surface area contributed by atoms with Crippen molar-refractivity contribution < 1.29 is 4.39 Å². The lowest BCUT2D eigenvalue weighted by Gasteiger charge is -2.04. The molecule has 0 amide bonds. The number of nitrogens with zero attached hydrogens (tertiary/aromatic N) is 2. The molecular weight excluding hydrogens is 289 g/mol. The first-order valence-corrected chi connectivity index (χ1v) is 6.83. The molecule has 1 aromatic heterocycles. The summed E-state index contributed by atoms with van der Waals surface area (Å²) in [5, 5.41) is 5.12. The summed E-state index contributed by atoms with van der Waals surface area (Å²) in [6.45, 7) is 0.540. The minimum Gasteiger partial charge on any atom is -0.384 e. The summed E-state index contributed by atoms with van der Waals surface area (Å²) in [6.07, 6.45) is 0. The Labute approximate surface area is 126 Å². The number of hydrogen-bond donors (Lipinski definition) is 1. The molecule has 0 fully saturated rings. The van der Waals surface area contributed by atoms with Crippen LogP contribution in [0.2, 0.25) is 5.02 Å². The highest BCUT2D eigenvalue weighted by atomic mass is 35.5. The van der Waals surface area contributed by atoms with Crippen LogP contribution < -0.4 is 5.73 Å². The Morgan fingerprint density at radius 2 is 1.86 bits per heavy atom. The molecule has 3 rings (SSSR count). The lowest BCUT2D eigenvalue weighted by atomic mass is 10.1. The van der Waals surface area contributed by atoms with E-state index in [-0.39, 0.29) is 5.82 Å². The third-order valence-electron chi connectivity index (χ3n) is 3.18. The second kappa shape index (κ2) is 5.58. The molecule has 0 radical (unpaired) electrons. The maximum Gasteiger partial charge on any atom is 0.123 e. The summed E-state index contributed by atoms with van der Waals surface area (Å²) < 4.78 is 15.0. The molecule has 0 aliphatic rings. The minimum atomic E-state index is -0.293. The predicted octanol–water partition coefficient (Wildman–Crippen LogP) is 3.97. The molecule has 0 spiro atoms. The molecule has 2 aromatic carbocycles. The molecule has 1 heterocycles. The van der Waals surface area contributed by atoms with Crippen LogP contribution in [0.15, 0.2) is 54.6 Å². The first kappa shape index (κ1) is 13.6. The van der Waals surface area contributed by atoms with Crippen molar-refractivity contribution in [1.82, 2.24) is 9.78 Å². The van der Waals surface area contributed by atoms with Gasteiger partial charge in [-0.25, -0.2) is 9.07 Å². The van der Waals surface area contributed by atoms with Gasteiger partial charge in [-0.05, 0) is 29.8 Å². The van der Waals surface area contributed by atoms with E-state index >= 15 is 0 Å². The van der Waals surface area contributed by atoms with Gasteiger partial charge in [-0.15, -0.1) is 0 Å². The number of anilines is 1. The van der Waals surface area contributed by atoms with E-state index in [1.165, 1.54) is 12.1 Å². The molecule has 2 N–H and O–H groups in total. The molecule has 5 heteroatoms. The molecule has 3 aromatic rings. The van der Waals surface area contributed by atoms with Crippen molar-refractivity contribution in [3.63, 3.8) is 0 Å². The Balaban J connectivity index is 1.89. The first-order valence-electron chi connectivity index (χ1n) is 6.45. The van der Waals surface area contributed by atoms with Crippen molar-refractivity contribution in [2.24, 2.45) is 0 Å². The molecule has 0 aliphatic heterocycles. The molecule has 21 heavy (non-hydrogen) atoms. The van der Waals surface area contributed by atoms with Crippen molar-refractivity contribution in [2.75, 3.05) is 5.73 Å². The summed E-state index contributed by atoms with van der Waals surface area (Å²) in [5.74, 6) is 0.238. The molecule has 0 saturated carbocycles. The SMILES string of the molecule is Nc1cc(-c2cccc(F)c2)nn1Cc1ccc(Cl)cc1. The van der Waals surface area contributed by atoms with Gasteiger partial charge >= 0.3 is 0 Å². The summed E-state index contributed by atoms with van der Waals surface area (Å²) in [6, 6.07) is 15.5. The maximum atomic E-state index is 13.3. The monoisotopic (exact) mass is 301 g/mol. The average molecular weight is 302 g/mol. The number of aromatic nitrogens is 2. The van der Waals surface area contributed by atoms with Gasteiger partial charge in [-0.1, -0.05) is 35.9 Å². The smallest absolute Gasteiger partial charge is 0.123 e. The lowest BCUT2D eigenvalue weighted by molar-refractivity contribution is 0.628. The highest BCUT2D eigenvalue weighted by molar-refractivity contribution is 6.30.